The third-order valence-corrected chi connectivity index (χ3v) is 5.81. The summed E-state index contributed by atoms with van der Waals surface area (Å²) in [7, 11) is 0. The number of unbranched alkanes of at least 4 members (excludes halogenated alkanes) is 14. The standard InChI is InChI=1S/C28H48O2/c1-28(2,3)24-20-15-13-11-9-7-5-4-6-8-10-12-14-16-21-25-30-27(29)26-22-18-17-19-23-26/h17-19,22-23H,4-16,20-21,24-25H2,1-3H3. The molecule has 2 nitrogen and oxygen atoms in total. The molecule has 0 bridgehead atoms. The number of carbonyl (C=O) groups is 1. The second-order valence-electron chi connectivity index (χ2n) is 10.1. The monoisotopic (exact) mass is 416 g/mol. The molecule has 172 valence electrons. The summed E-state index contributed by atoms with van der Waals surface area (Å²) in [5, 5.41) is 0. The van der Waals surface area contributed by atoms with Crippen molar-refractivity contribution in [3.05, 3.63) is 35.9 Å². The van der Waals surface area contributed by atoms with Gasteiger partial charge in [0.2, 0.25) is 0 Å². The zero-order valence-corrected chi connectivity index (χ0v) is 20.2. The van der Waals surface area contributed by atoms with Crippen molar-refractivity contribution < 1.29 is 9.53 Å². The van der Waals surface area contributed by atoms with E-state index < -0.39 is 0 Å². The van der Waals surface area contributed by atoms with Crippen LogP contribution in [0.15, 0.2) is 30.3 Å². The smallest absolute Gasteiger partial charge is 0.338 e. The Balaban J connectivity index is 1.74. The minimum Gasteiger partial charge on any atom is -0.462 e. The molecule has 0 spiro atoms. The van der Waals surface area contributed by atoms with E-state index in [0.717, 1.165) is 12.8 Å². The molecule has 0 aromatic heterocycles. The summed E-state index contributed by atoms with van der Waals surface area (Å²) in [6, 6.07) is 9.25. The number of ether oxygens (including phenoxy) is 1. The first kappa shape index (κ1) is 26.7. The molecule has 30 heavy (non-hydrogen) atoms. The minimum absolute atomic E-state index is 0.198. The van der Waals surface area contributed by atoms with Crippen LogP contribution in [-0.2, 0) is 4.74 Å². The summed E-state index contributed by atoms with van der Waals surface area (Å²) in [6.45, 7) is 7.59. The molecule has 0 N–H and O–H groups in total. The number of carbonyl (C=O) groups excluding carboxylic acids is 1. The Morgan fingerprint density at radius 3 is 1.47 bits per heavy atom. The van der Waals surface area contributed by atoms with Crippen LogP contribution in [-0.4, -0.2) is 12.6 Å². The van der Waals surface area contributed by atoms with Crippen molar-refractivity contribution in [1.29, 1.82) is 0 Å². The normalized spacial score (nSPS) is 11.6. The van der Waals surface area contributed by atoms with Gasteiger partial charge >= 0.3 is 5.97 Å². The zero-order chi connectivity index (χ0) is 21.9. The molecule has 1 aromatic rings. The summed E-state index contributed by atoms with van der Waals surface area (Å²) in [6.07, 6.45) is 21.6. The number of rotatable bonds is 18. The van der Waals surface area contributed by atoms with Gasteiger partial charge < -0.3 is 4.74 Å². The number of benzene rings is 1. The second-order valence-corrected chi connectivity index (χ2v) is 10.1. The molecule has 0 aliphatic heterocycles. The van der Waals surface area contributed by atoms with Gasteiger partial charge in [-0.25, -0.2) is 4.79 Å². The van der Waals surface area contributed by atoms with E-state index in [1.165, 1.54) is 89.9 Å². The highest BCUT2D eigenvalue weighted by atomic mass is 16.5. The molecule has 2 heteroatoms. The van der Waals surface area contributed by atoms with E-state index in [9.17, 15) is 4.79 Å². The maximum atomic E-state index is 11.8. The van der Waals surface area contributed by atoms with Crippen LogP contribution in [0.2, 0.25) is 0 Å². The van der Waals surface area contributed by atoms with Crippen LogP contribution in [0.5, 0.6) is 0 Å². The fourth-order valence-corrected chi connectivity index (χ4v) is 3.88. The van der Waals surface area contributed by atoms with Gasteiger partial charge in [0.15, 0.2) is 0 Å². The van der Waals surface area contributed by atoms with E-state index in [-0.39, 0.29) is 5.97 Å². The molecule has 0 fully saturated rings. The van der Waals surface area contributed by atoms with Crippen LogP contribution in [0.4, 0.5) is 0 Å². The highest BCUT2D eigenvalue weighted by Gasteiger charge is 2.08. The SMILES string of the molecule is CC(C)(C)CCCCCCCCCCCCCCCCCOC(=O)c1ccccc1. The van der Waals surface area contributed by atoms with Crippen LogP contribution >= 0.6 is 0 Å². The molecule has 1 aromatic carbocycles. The molecule has 0 unspecified atom stereocenters. The summed E-state index contributed by atoms with van der Waals surface area (Å²) in [5.74, 6) is -0.198. The van der Waals surface area contributed by atoms with Gasteiger partial charge in [0, 0.05) is 0 Å². The summed E-state index contributed by atoms with van der Waals surface area (Å²) < 4.78 is 5.32. The van der Waals surface area contributed by atoms with Crippen molar-refractivity contribution in [1.82, 2.24) is 0 Å². The average molecular weight is 417 g/mol. The Hall–Kier alpha value is -1.31. The second kappa shape index (κ2) is 17.4. The predicted octanol–water partition coefficient (Wildman–Crippen LogP) is 9.13. The number of esters is 1. The van der Waals surface area contributed by atoms with Crippen molar-refractivity contribution in [2.75, 3.05) is 6.61 Å². The van der Waals surface area contributed by atoms with Gasteiger partial charge in [0.05, 0.1) is 12.2 Å². The Kier molecular flexibility index (Phi) is 15.5. The van der Waals surface area contributed by atoms with Crippen LogP contribution in [0.1, 0.15) is 134 Å². The first-order valence-corrected chi connectivity index (χ1v) is 12.7. The van der Waals surface area contributed by atoms with Crippen molar-refractivity contribution in [2.24, 2.45) is 5.41 Å². The summed E-state index contributed by atoms with van der Waals surface area (Å²) >= 11 is 0. The Morgan fingerprint density at radius 2 is 1.03 bits per heavy atom. The lowest BCUT2D eigenvalue weighted by Crippen LogP contribution is -2.06. The molecule has 0 aliphatic carbocycles. The number of hydrogen-bond acceptors (Lipinski definition) is 2. The Morgan fingerprint density at radius 1 is 0.633 bits per heavy atom. The molecule has 0 heterocycles. The fraction of sp³-hybridized carbons (Fsp3) is 0.750. The van der Waals surface area contributed by atoms with Crippen LogP contribution in [0, 0.1) is 5.41 Å². The average Bonchev–Trinajstić information content (AvgIpc) is 2.72. The van der Waals surface area contributed by atoms with Gasteiger partial charge in [-0.1, -0.05) is 129 Å². The van der Waals surface area contributed by atoms with Crippen LogP contribution in [0.3, 0.4) is 0 Å². The van der Waals surface area contributed by atoms with Gasteiger partial charge in [-0.15, -0.1) is 0 Å². The zero-order valence-electron chi connectivity index (χ0n) is 20.2. The third-order valence-electron chi connectivity index (χ3n) is 5.81. The summed E-state index contributed by atoms with van der Waals surface area (Å²) in [4.78, 5) is 11.8. The van der Waals surface area contributed by atoms with Crippen LogP contribution < -0.4 is 0 Å². The lowest BCUT2D eigenvalue weighted by atomic mass is 9.89. The van der Waals surface area contributed by atoms with Crippen molar-refractivity contribution in [2.45, 2.75) is 124 Å². The molecule has 0 radical (unpaired) electrons. The number of hydrogen-bond donors (Lipinski definition) is 0. The molecule has 0 saturated heterocycles. The summed E-state index contributed by atoms with van der Waals surface area (Å²) in [5.41, 5.74) is 1.16. The lowest BCUT2D eigenvalue weighted by molar-refractivity contribution is 0.0497. The van der Waals surface area contributed by atoms with Gasteiger partial charge in [-0.05, 0) is 30.4 Å². The quantitative estimate of drug-likeness (QED) is 0.176. The van der Waals surface area contributed by atoms with Crippen LogP contribution in [0.25, 0.3) is 0 Å². The van der Waals surface area contributed by atoms with Gasteiger partial charge in [-0.2, -0.15) is 0 Å². The van der Waals surface area contributed by atoms with Crippen molar-refractivity contribution >= 4 is 5.97 Å². The lowest BCUT2D eigenvalue weighted by Gasteiger charge is -2.17. The molecular weight excluding hydrogens is 368 g/mol. The Bertz CT molecular complexity index is 515. The largest absolute Gasteiger partial charge is 0.462 e. The van der Waals surface area contributed by atoms with E-state index in [1.54, 1.807) is 12.1 Å². The molecular formula is C28H48O2. The van der Waals surface area contributed by atoms with Gasteiger partial charge in [0.1, 0.15) is 0 Å². The third kappa shape index (κ3) is 16.5. The maximum Gasteiger partial charge on any atom is 0.338 e. The van der Waals surface area contributed by atoms with E-state index in [4.69, 9.17) is 4.74 Å². The van der Waals surface area contributed by atoms with Crippen molar-refractivity contribution in [3.8, 4) is 0 Å². The Labute approximate surface area is 187 Å². The first-order valence-electron chi connectivity index (χ1n) is 12.7. The molecule has 0 aliphatic rings. The first-order chi connectivity index (χ1) is 14.5. The van der Waals surface area contributed by atoms with Gasteiger partial charge in [0.25, 0.3) is 0 Å². The molecule has 0 amide bonds. The molecule has 1 rings (SSSR count). The molecule has 0 saturated carbocycles. The van der Waals surface area contributed by atoms with E-state index in [2.05, 4.69) is 20.8 Å². The van der Waals surface area contributed by atoms with E-state index in [1.807, 2.05) is 18.2 Å². The van der Waals surface area contributed by atoms with E-state index >= 15 is 0 Å². The highest BCUT2D eigenvalue weighted by Crippen LogP contribution is 2.22. The fourth-order valence-electron chi connectivity index (χ4n) is 3.88. The topological polar surface area (TPSA) is 26.3 Å². The highest BCUT2D eigenvalue weighted by molar-refractivity contribution is 5.89. The predicted molar refractivity (Wildman–Crippen MR) is 130 cm³/mol. The minimum atomic E-state index is -0.198. The van der Waals surface area contributed by atoms with Gasteiger partial charge in [-0.3, -0.25) is 0 Å². The van der Waals surface area contributed by atoms with E-state index in [0.29, 0.717) is 17.6 Å². The maximum absolute atomic E-state index is 11.8. The van der Waals surface area contributed by atoms with Crippen molar-refractivity contribution in [3.63, 3.8) is 0 Å². The molecule has 0 atom stereocenters.